The minimum Gasteiger partial charge on any atom is -0.372 e. The number of carbonyl (C=O) groups excluding carboxylic acids is 1. The van der Waals surface area contributed by atoms with E-state index in [1.807, 2.05) is 47.8 Å². The molecule has 0 radical (unpaired) electrons. The lowest BCUT2D eigenvalue weighted by molar-refractivity contribution is -0.00150. The summed E-state index contributed by atoms with van der Waals surface area (Å²) in [7, 11) is 0. The molecule has 122 valence electrons. The van der Waals surface area contributed by atoms with Crippen molar-refractivity contribution in [3.05, 3.63) is 65.3 Å². The average molecular weight is 338 g/mol. The molecular formula is C19H18N2O2S. The molecule has 0 aliphatic carbocycles. The Balaban J connectivity index is 1.47. The number of thiophene rings is 1. The van der Waals surface area contributed by atoms with Gasteiger partial charge in [0, 0.05) is 34.3 Å². The molecule has 1 amide bonds. The van der Waals surface area contributed by atoms with E-state index in [2.05, 4.69) is 10.3 Å². The lowest BCUT2D eigenvalue weighted by atomic mass is 10.00. The molecule has 5 heteroatoms. The van der Waals surface area contributed by atoms with Gasteiger partial charge in [-0.3, -0.25) is 9.78 Å². The molecule has 3 heterocycles. The predicted octanol–water partition coefficient (Wildman–Crippen LogP) is 3.95. The zero-order valence-electron chi connectivity index (χ0n) is 13.1. The van der Waals surface area contributed by atoms with Crippen molar-refractivity contribution in [2.24, 2.45) is 0 Å². The topological polar surface area (TPSA) is 51.2 Å². The molecule has 2 aromatic heterocycles. The van der Waals surface area contributed by atoms with Crippen LogP contribution in [0, 0.1) is 0 Å². The molecule has 24 heavy (non-hydrogen) atoms. The third-order valence-electron chi connectivity index (χ3n) is 4.36. The Morgan fingerprint density at radius 1 is 1.21 bits per heavy atom. The molecule has 0 spiro atoms. The van der Waals surface area contributed by atoms with E-state index in [1.165, 1.54) is 0 Å². The number of amides is 1. The van der Waals surface area contributed by atoms with E-state index in [-0.39, 0.29) is 18.1 Å². The first-order valence-corrected chi connectivity index (χ1v) is 8.99. The van der Waals surface area contributed by atoms with Crippen LogP contribution in [0.3, 0.4) is 0 Å². The summed E-state index contributed by atoms with van der Waals surface area (Å²) in [6.45, 7) is 0.635. The summed E-state index contributed by atoms with van der Waals surface area (Å²) in [6, 6.07) is 14.0. The number of hydrogen-bond donors (Lipinski definition) is 1. The maximum absolute atomic E-state index is 12.7. The fourth-order valence-electron chi connectivity index (χ4n) is 3.12. The van der Waals surface area contributed by atoms with Crippen molar-refractivity contribution in [2.75, 3.05) is 6.61 Å². The predicted molar refractivity (Wildman–Crippen MR) is 95.2 cm³/mol. The van der Waals surface area contributed by atoms with E-state index in [4.69, 9.17) is 4.74 Å². The van der Waals surface area contributed by atoms with Gasteiger partial charge < -0.3 is 10.1 Å². The van der Waals surface area contributed by atoms with E-state index in [1.54, 1.807) is 17.5 Å². The van der Waals surface area contributed by atoms with Crippen molar-refractivity contribution >= 4 is 27.3 Å². The van der Waals surface area contributed by atoms with Crippen LogP contribution in [0.4, 0.5) is 0 Å². The molecule has 0 bridgehead atoms. The van der Waals surface area contributed by atoms with Gasteiger partial charge in [-0.1, -0.05) is 24.3 Å². The highest BCUT2D eigenvalue weighted by Crippen LogP contribution is 2.28. The zero-order chi connectivity index (χ0) is 16.4. The molecule has 0 unspecified atom stereocenters. The molecule has 2 atom stereocenters. The Morgan fingerprint density at radius 2 is 2.08 bits per heavy atom. The third kappa shape index (κ3) is 3.05. The number of rotatable bonds is 3. The van der Waals surface area contributed by atoms with Gasteiger partial charge in [-0.05, 0) is 31.0 Å². The highest BCUT2D eigenvalue weighted by molar-refractivity contribution is 7.17. The Hall–Kier alpha value is -2.24. The largest absolute Gasteiger partial charge is 0.372 e. The molecule has 4 nitrogen and oxygen atoms in total. The lowest BCUT2D eigenvalue weighted by Gasteiger charge is -2.29. The van der Waals surface area contributed by atoms with Crippen molar-refractivity contribution in [1.82, 2.24) is 10.3 Å². The standard InChI is InChI=1S/C19H18N2O2S/c22-19(15-12-24-18-7-2-1-5-14(15)18)21-13-8-10-23-17(11-13)16-6-3-4-9-20-16/h1-7,9,12-13,17H,8,10-11H2,(H,21,22)/t13-,17-/m1/s1. The van der Waals surface area contributed by atoms with Crippen LogP contribution in [0.25, 0.3) is 10.1 Å². The minimum absolute atomic E-state index is 0.000814. The maximum Gasteiger partial charge on any atom is 0.252 e. The van der Waals surface area contributed by atoms with Crippen LogP contribution in [0.2, 0.25) is 0 Å². The Bertz CT molecular complexity index is 847. The second kappa shape index (κ2) is 6.71. The van der Waals surface area contributed by atoms with E-state index < -0.39 is 0 Å². The van der Waals surface area contributed by atoms with Crippen LogP contribution >= 0.6 is 11.3 Å². The van der Waals surface area contributed by atoms with Gasteiger partial charge in [-0.15, -0.1) is 11.3 Å². The Morgan fingerprint density at radius 3 is 2.96 bits per heavy atom. The van der Waals surface area contributed by atoms with Gasteiger partial charge in [0.2, 0.25) is 0 Å². The maximum atomic E-state index is 12.7. The minimum atomic E-state index is -0.0514. The smallest absolute Gasteiger partial charge is 0.252 e. The first-order valence-electron chi connectivity index (χ1n) is 8.11. The highest BCUT2D eigenvalue weighted by atomic mass is 32.1. The van der Waals surface area contributed by atoms with Gasteiger partial charge in [0.15, 0.2) is 0 Å². The summed E-state index contributed by atoms with van der Waals surface area (Å²) in [5.74, 6) is -0.000814. The van der Waals surface area contributed by atoms with E-state index >= 15 is 0 Å². The summed E-state index contributed by atoms with van der Waals surface area (Å²) in [5.41, 5.74) is 1.69. The summed E-state index contributed by atoms with van der Waals surface area (Å²) in [5, 5.41) is 6.13. The first-order chi connectivity index (χ1) is 11.8. The van der Waals surface area contributed by atoms with E-state index in [9.17, 15) is 4.79 Å². The fourth-order valence-corrected chi connectivity index (χ4v) is 4.06. The normalized spacial score (nSPS) is 20.8. The summed E-state index contributed by atoms with van der Waals surface area (Å²) < 4.78 is 6.96. The Labute approximate surface area is 144 Å². The van der Waals surface area contributed by atoms with Crippen molar-refractivity contribution in [3.63, 3.8) is 0 Å². The SMILES string of the molecule is O=C(N[C@@H]1CCO[C@@H](c2ccccn2)C1)c1csc2ccccc12. The van der Waals surface area contributed by atoms with Crippen LogP contribution < -0.4 is 5.32 Å². The van der Waals surface area contributed by atoms with Crippen LogP contribution in [0.5, 0.6) is 0 Å². The molecule has 1 fully saturated rings. The van der Waals surface area contributed by atoms with Gasteiger partial charge in [-0.2, -0.15) is 0 Å². The monoisotopic (exact) mass is 338 g/mol. The number of carbonyl (C=O) groups is 1. The number of pyridine rings is 1. The van der Waals surface area contributed by atoms with Gasteiger partial charge in [0.05, 0.1) is 11.3 Å². The van der Waals surface area contributed by atoms with Crippen molar-refractivity contribution in [2.45, 2.75) is 25.0 Å². The fraction of sp³-hybridized carbons (Fsp3) is 0.263. The average Bonchev–Trinajstić information content (AvgIpc) is 3.07. The van der Waals surface area contributed by atoms with E-state index in [0.717, 1.165) is 34.2 Å². The summed E-state index contributed by atoms with van der Waals surface area (Å²) in [4.78, 5) is 17.0. The van der Waals surface area contributed by atoms with Crippen molar-refractivity contribution in [3.8, 4) is 0 Å². The molecule has 3 aromatic rings. The number of hydrogen-bond acceptors (Lipinski definition) is 4. The quantitative estimate of drug-likeness (QED) is 0.787. The van der Waals surface area contributed by atoms with Crippen molar-refractivity contribution in [1.29, 1.82) is 0 Å². The summed E-state index contributed by atoms with van der Waals surface area (Å²) >= 11 is 1.61. The molecule has 1 aliphatic rings. The molecule has 4 rings (SSSR count). The van der Waals surface area contributed by atoms with Crippen LogP contribution in [0.15, 0.2) is 54.0 Å². The highest BCUT2D eigenvalue weighted by Gasteiger charge is 2.26. The third-order valence-corrected chi connectivity index (χ3v) is 5.33. The van der Waals surface area contributed by atoms with Crippen LogP contribution in [-0.2, 0) is 4.74 Å². The number of aromatic nitrogens is 1. The first kappa shape index (κ1) is 15.3. The number of nitrogens with zero attached hydrogens (tertiary/aromatic N) is 1. The second-order valence-corrected chi connectivity index (χ2v) is 6.87. The van der Waals surface area contributed by atoms with E-state index in [0.29, 0.717) is 6.61 Å². The molecule has 1 N–H and O–H groups in total. The summed E-state index contributed by atoms with van der Waals surface area (Å²) in [6.07, 6.45) is 3.31. The van der Waals surface area contributed by atoms with Gasteiger partial charge in [-0.25, -0.2) is 0 Å². The van der Waals surface area contributed by atoms with Gasteiger partial charge >= 0.3 is 0 Å². The number of benzene rings is 1. The van der Waals surface area contributed by atoms with Gasteiger partial charge in [0.25, 0.3) is 5.91 Å². The number of nitrogens with one attached hydrogen (secondary N) is 1. The lowest BCUT2D eigenvalue weighted by Crippen LogP contribution is -2.39. The number of fused-ring (bicyclic) bond motifs is 1. The molecule has 1 aliphatic heterocycles. The number of ether oxygens (including phenoxy) is 1. The van der Waals surface area contributed by atoms with Crippen LogP contribution in [0.1, 0.15) is 35.0 Å². The molecule has 0 saturated carbocycles. The van der Waals surface area contributed by atoms with Crippen molar-refractivity contribution < 1.29 is 9.53 Å². The Kier molecular flexibility index (Phi) is 4.28. The van der Waals surface area contributed by atoms with Gasteiger partial charge in [0.1, 0.15) is 6.10 Å². The molecule has 1 saturated heterocycles. The molecule has 1 aromatic carbocycles. The zero-order valence-corrected chi connectivity index (χ0v) is 14.0. The second-order valence-electron chi connectivity index (χ2n) is 5.95. The molecular weight excluding hydrogens is 320 g/mol. The van der Waals surface area contributed by atoms with Crippen LogP contribution in [-0.4, -0.2) is 23.5 Å².